The summed E-state index contributed by atoms with van der Waals surface area (Å²) in [6, 6.07) is 8.59. The molecule has 0 saturated heterocycles. The lowest BCUT2D eigenvalue weighted by Gasteiger charge is -2.36. The monoisotopic (exact) mass is 260 g/mol. The lowest BCUT2D eigenvalue weighted by molar-refractivity contribution is -0.0153. The van der Waals surface area contributed by atoms with Gasteiger partial charge in [0.25, 0.3) is 0 Å². The molecular formula is C18H28O. The van der Waals surface area contributed by atoms with Crippen molar-refractivity contribution in [2.24, 2.45) is 5.92 Å². The second-order valence-corrected chi connectivity index (χ2v) is 6.17. The van der Waals surface area contributed by atoms with Crippen LogP contribution in [-0.2, 0) is 12.0 Å². The minimum Gasteiger partial charge on any atom is -0.385 e. The normalized spacial score (nSPS) is 27.4. The fourth-order valence-electron chi connectivity index (χ4n) is 3.28. The van der Waals surface area contributed by atoms with Gasteiger partial charge in [0.2, 0.25) is 0 Å². The molecule has 1 N–H and O–H groups in total. The van der Waals surface area contributed by atoms with Crippen molar-refractivity contribution in [2.75, 3.05) is 0 Å². The molecule has 1 saturated carbocycles. The maximum absolute atomic E-state index is 10.8. The fraction of sp³-hybridized carbons (Fsp3) is 0.667. The summed E-state index contributed by atoms with van der Waals surface area (Å²) in [7, 11) is 0. The van der Waals surface area contributed by atoms with E-state index in [1.807, 2.05) is 0 Å². The molecule has 1 aliphatic carbocycles. The van der Waals surface area contributed by atoms with Gasteiger partial charge in [-0.25, -0.2) is 0 Å². The summed E-state index contributed by atoms with van der Waals surface area (Å²) >= 11 is 0. The molecular weight excluding hydrogens is 232 g/mol. The summed E-state index contributed by atoms with van der Waals surface area (Å²) in [4.78, 5) is 0. The van der Waals surface area contributed by atoms with Crippen LogP contribution in [0, 0.1) is 5.92 Å². The van der Waals surface area contributed by atoms with Crippen molar-refractivity contribution in [3.05, 3.63) is 35.4 Å². The number of benzene rings is 1. The van der Waals surface area contributed by atoms with Crippen LogP contribution in [0.4, 0.5) is 0 Å². The highest BCUT2D eigenvalue weighted by Crippen LogP contribution is 2.40. The van der Waals surface area contributed by atoms with Gasteiger partial charge in [-0.1, -0.05) is 57.4 Å². The van der Waals surface area contributed by atoms with Gasteiger partial charge in [-0.3, -0.25) is 0 Å². The summed E-state index contributed by atoms with van der Waals surface area (Å²) in [5.74, 6) is 0.843. The molecule has 0 aliphatic heterocycles. The van der Waals surface area contributed by atoms with E-state index in [-0.39, 0.29) is 0 Å². The Bertz CT molecular complexity index is 371. The van der Waals surface area contributed by atoms with Crippen molar-refractivity contribution in [3.63, 3.8) is 0 Å². The van der Waals surface area contributed by atoms with Crippen molar-refractivity contribution in [1.82, 2.24) is 0 Å². The molecule has 1 aromatic carbocycles. The van der Waals surface area contributed by atoms with Gasteiger partial charge in [0.15, 0.2) is 0 Å². The van der Waals surface area contributed by atoms with Crippen LogP contribution in [0.5, 0.6) is 0 Å². The first kappa shape index (κ1) is 14.6. The molecule has 0 spiro atoms. The number of aryl methyl sites for hydroxylation is 1. The standard InChI is InChI=1S/C18H28O/c1-3-5-6-16-11-13-18(19,14-12-16)17-9-7-15(4-2)8-10-17/h7-10,16,19H,3-6,11-14H2,1-2H3. The smallest absolute Gasteiger partial charge is 0.0896 e. The molecule has 2 rings (SSSR count). The molecule has 0 atom stereocenters. The first-order chi connectivity index (χ1) is 9.18. The number of unbranched alkanes of at least 4 members (excludes halogenated alkanes) is 1. The number of hydrogen-bond acceptors (Lipinski definition) is 1. The Morgan fingerprint density at radius 1 is 1.11 bits per heavy atom. The van der Waals surface area contributed by atoms with Crippen LogP contribution >= 0.6 is 0 Å². The van der Waals surface area contributed by atoms with E-state index in [0.717, 1.165) is 30.7 Å². The summed E-state index contributed by atoms with van der Waals surface area (Å²) in [6.07, 6.45) is 9.30. The van der Waals surface area contributed by atoms with Gasteiger partial charge in [0.05, 0.1) is 5.60 Å². The molecule has 1 aliphatic rings. The summed E-state index contributed by atoms with van der Waals surface area (Å²) in [5.41, 5.74) is 1.91. The van der Waals surface area contributed by atoms with Crippen molar-refractivity contribution >= 4 is 0 Å². The second-order valence-electron chi connectivity index (χ2n) is 6.17. The van der Waals surface area contributed by atoms with Gasteiger partial charge in [0.1, 0.15) is 0 Å². The van der Waals surface area contributed by atoms with Gasteiger partial charge >= 0.3 is 0 Å². The van der Waals surface area contributed by atoms with Crippen LogP contribution in [0.15, 0.2) is 24.3 Å². The number of hydrogen-bond donors (Lipinski definition) is 1. The summed E-state index contributed by atoms with van der Waals surface area (Å²) < 4.78 is 0. The zero-order valence-corrected chi connectivity index (χ0v) is 12.5. The molecule has 106 valence electrons. The highest BCUT2D eigenvalue weighted by atomic mass is 16.3. The van der Waals surface area contributed by atoms with E-state index < -0.39 is 5.60 Å². The first-order valence-electron chi connectivity index (χ1n) is 7.99. The van der Waals surface area contributed by atoms with Gasteiger partial charge in [-0.2, -0.15) is 0 Å². The molecule has 0 heterocycles. The van der Waals surface area contributed by atoms with Gasteiger partial charge in [-0.15, -0.1) is 0 Å². The highest BCUT2D eigenvalue weighted by Gasteiger charge is 2.34. The molecule has 0 bridgehead atoms. The van der Waals surface area contributed by atoms with Crippen LogP contribution in [0.1, 0.15) is 69.9 Å². The predicted molar refractivity (Wildman–Crippen MR) is 81.2 cm³/mol. The Labute approximate surface area is 118 Å². The third kappa shape index (κ3) is 3.60. The Morgan fingerprint density at radius 3 is 2.26 bits per heavy atom. The SMILES string of the molecule is CCCCC1CCC(O)(c2ccc(CC)cc2)CC1. The lowest BCUT2D eigenvalue weighted by atomic mass is 9.74. The first-order valence-corrected chi connectivity index (χ1v) is 7.99. The van der Waals surface area contributed by atoms with Crippen molar-refractivity contribution in [1.29, 1.82) is 0 Å². The summed E-state index contributed by atoms with van der Waals surface area (Å²) in [5, 5.41) is 10.8. The van der Waals surface area contributed by atoms with Gasteiger partial charge in [0, 0.05) is 0 Å². The predicted octanol–water partition coefficient (Wildman–Crippen LogP) is 4.82. The molecule has 0 radical (unpaired) electrons. The average Bonchev–Trinajstić information content (AvgIpc) is 2.47. The number of aliphatic hydroxyl groups is 1. The molecule has 0 amide bonds. The maximum atomic E-state index is 10.8. The van der Waals surface area contributed by atoms with E-state index >= 15 is 0 Å². The zero-order valence-electron chi connectivity index (χ0n) is 12.5. The van der Waals surface area contributed by atoms with E-state index in [9.17, 15) is 5.11 Å². The van der Waals surface area contributed by atoms with Gasteiger partial charge in [-0.05, 0) is 49.1 Å². The fourth-order valence-corrected chi connectivity index (χ4v) is 3.28. The van der Waals surface area contributed by atoms with E-state index in [1.165, 1.54) is 37.7 Å². The number of rotatable bonds is 5. The Kier molecular flexibility index (Phi) is 5.04. The van der Waals surface area contributed by atoms with Crippen LogP contribution in [0.2, 0.25) is 0 Å². The van der Waals surface area contributed by atoms with Crippen molar-refractivity contribution in [2.45, 2.75) is 70.8 Å². The Balaban J connectivity index is 1.96. The quantitative estimate of drug-likeness (QED) is 0.805. The topological polar surface area (TPSA) is 20.2 Å². The third-order valence-corrected chi connectivity index (χ3v) is 4.80. The van der Waals surface area contributed by atoms with E-state index in [0.29, 0.717) is 0 Å². The maximum Gasteiger partial charge on any atom is 0.0896 e. The zero-order chi connectivity index (χ0) is 13.7. The van der Waals surface area contributed by atoms with Crippen LogP contribution in [0.3, 0.4) is 0 Å². The highest BCUT2D eigenvalue weighted by molar-refractivity contribution is 5.27. The summed E-state index contributed by atoms with van der Waals surface area (Å²) in [6.45, 7) is 4.43. The molecule has 1 aromatic rings. The minimum atomic E-state index is -0.561. The third-order valence-electron chi connectivity index (χ3n) is 4.80. The molecule has 0 unspecified atom stereocenters. The van der Waals surface area contributed by atoms with Crippen LogP contribution in [0.25, 0.3) is 0 Å². The second kappa shape index (κ2) is 6.56. The average molecular weight is 260 g/mol. The Morgan fingerprint density at radius 2 is 1.74 bits per heavy atom. The van der Waals surface area contributed by atoms with Crippen molar-refractivity contribution < 1.29 is 5.11 Å². The van der Waals surface area contributed by atoms with Crippen molar-refractivity contribution in [3.8, 4) is 0 Å². The van der Waals surface area contributed by atoms with E-state index in [1.54, 1.807) is 0 Å². The molecule has 1 nitrogen and oxygen atoms in total. The van der Waals surface area contributed by atoms with Crippen LogP contribution < -0.4 is 0 Å². The van der Waals surface area contributed by atoms with Crippen LogP contribution in [-0.4, -0.2) is 5.11 Å². The molecule has 1 heteroatoms. The van der Waals surface area contributed by atoms with E-state index in [2.05, 4.69) is 38.1 Å². The van der Waals surface area contributed by atoms with Gasteiger partial charge < -0.3 is 5.11 Å². The largest absolute Gasteiger partial charge is 0.385 e. The molecule has 0 aromatic heterocycles. The van der Waals surface area contributed by atoms with E-state index in [4.69, 9.17) is 0 Å². The molecule has 19 heavy (non-hydrogen) atoms. The Hall–Kier alpha value is -0.820. The molecule has 1 fully saturated rings. The lowest BCUT2D eigenvalue weighted by Crippen LogP contribution is -2.31. The minimum absolute atomic E-state index is 0.561.